The molecule has 16 heavy (non-hydrogen) atoms. The Balaban J connectivity index is 2.34. The lowest BCUT2D eigenvalue weighted by molar-refractivity contribution is -0.123. The minimum absolute atomic E-state index is 0.0188. The second-order valence-corrected chi connectivity index (χ2v) is 4.69. The van der Waals surface area contributed by atoms with Crippen molar-refractivity contribution < 1.29 is 9.53 Å². The van der Waals surface area contributed by atoms with Crippen molar-refractivity contribution in [1.82, 2.24) is 5.32 Å². The van der Waals surface area contributed by atoms with Crippen LogP contribution in [0.15, 0.2) is 24.3 Å². The summed E-state index contributed by atoms with van der Waals surface area (Å²) < 4.78 is 6.44. The predicted octanol–water partition coefficient (Wildman–Crippen LogP) is 1.13. The van der Waals surface area contributed by atoms with Gasteiger partial charge in [-0.2, -0.15) is 0 Å². The molecule has 0 saturated carbocycles. The molecule has 0 unspecified atom stereocenters. The molecule has 1 amide bonds. The number of nitrogens with two attached hydrogens (primary N) is 1. The average molecular weight is 334 g/mol. The van der Waals surface area contributed by atoms with Gasteiger partial charge in [-0.1, -0.05) is 0 Å². The van der Waals surface area contributed by atoms with Crippen LogP contribution in [0.2, 0.25) is 0 Å². The van der Waals surface area contributed by atoms with Crippen molar-refractivity contribution in [1.29, 1.82) is 0 Å². The first-order chi connectivity index (χ1) is 7.61. The molecule has 0 saturated heterocycles. The van der Waals surface area contributed by atoms with Crippen LogP contribution in [0.4, 0.5) is 0 Å². The fraction of sp³-hybridized carbons (Fsp3) is 0.364. The minimum atomic E-state index is -0.156. The average Bonchev–Trinajstić information content (AvgIpc) is 2.28. The number of halogens is 1. The molecule has 1 rings (SSSR count). The summed E-state index contributed by atoms with van der Waals surface area (Å²) in [5, 5.41) is 2.72. The number of amides is 1. The number of nitrogens with one attached hydrogen (secondary N) is 1. The number of carbonyl (C=O) groups is 1. The van der Waals surface area contributed by atoms with Crippen LogP contribution in [0.1, 0.15) is 6.92 Å². The molecular weight excluding hydrogens is 319 g/mol. The van der Waals surface area contributed by atoms with Gasteiger partial charge in [0.2, 0.25) is 0 Å². The second kappa shape index (κ2) is 6.70. The Hall–Kier alpha value is -0.820. The summed E-state index contributed by atoms with van der Waals surface area (Å²) in [6.07, 6.45) is 0. The number of carbonyl (C=O) groups excluding carboxylic acids is 1. The van der Waals surface area contributed by atoms with Crippen LogP contribution in [0.5, 0.6) is 5.75 Å². The normalized spacial score (nSPS) is 11.9. The zero-order valence-corrected chi connectivity index (χ0v) is 11.2. The van der Waals surface area contributed by atoms with Crippen LogP contribution in [-0.2, 0) is 4.79 Å². The first kappa shape index (κ1) is 13.2. The van der Waals surface area contributed by atoms with Crippen molar-refractivity contribution in [2.75, 3.05) is 13.2 Å². The lowest BCUT2D eigenvalue weighted by Crippen LogP contribution is -2.40. The molecule has 0 fully saturated rings. The van der Waals surface area contributed by atoms with Gasteiger partial charge in [0.15, 0.2) is 6.61 Å². The maximum absolute atomic E-state index is 11.4. The van der Waals surface area contributed by atoms with Gasteiger partial charge in [-0.05, 0) is 53.8 Å². The van der Waals surface area contributed by atoms with Crippen LogP contribution in [0.25, 0.3) is 0 Å². The molecule has 0 heterocycles. The van der Waals surface area contributed by atoms with Crippen molar-refractivity contribution >= 4 is 28.5 Å². The van der Waals surface area contributed by atoms with Crippen LogP contribution in [0.3, 0.4) is 0 Å². The minimum Gasteiger partial charge on any atom is -0.484 e. The molecule has 5 heteroatoms. The van der Waals surface area contributed by atoms with Gasteiger partial charge in [0.25, 0.3) is 5.91 Å². The van der Waals surface area contributed by atoms with Crippen LogP contribution < -0.4 is 15.8 Å². The molecule has 0 spiro atoms. The fourth-order valence-electron chi connectivity index (χ4n) is 1.06. The Morgan fingerprint density at radius 2 is 2.12 bits per heavy atom. The first-order valence-electron chi connectivity index (χ1n) is 4.99. The molecule has 4 nitrogen and oxygen atoms in total. The monoisotopic (exact) mass is 334 g/mol. The van der Waals surface area contributed by atoms with E-state index in [1.807, 2.05) is 31.2 Å². The van der Waals surface area contributed by atoms with E-state index in [0.29, 0.717) is 12.3 Å². The summed E-state index contributed by atoms with van der Waals surface area (Å²) >= 11 is 2.21. The number of rotatable bonds is 5. The predicted molar refractivity (Wildman–Crippen MR) is 71.3 cm³/mol. The summed E-state index contributed by atoms with van der Waals surface area (Å²) in [4.78, 5) is 11.4. The summed E-state index contributed by atoms with van der Waals surface area (Å²) in [5.41, 5.74) is 5.39. The van der Waals surface area contributed by atoms with Gasteiger partial charge >= 0.3 is 0 Å². The van der Waals surface area contributed by atoms with Crippen LogP contribution in [-0.4, -0.2) is 25.1 Å². The van der Waals surface area contributed by atoms with Gasteiger partial charge < -0.3 is 15.8 Å². The van der Waals surface area contributed by atoms with Gasteiger partial charge in [0.1, 0.15) is 5.75 Å². The van der Waals surface area contributed by atoms with Gasteiger partial charge in [-0.25, -0.2) is 0 Å². The second-order valence-electron chi connectivity index (χ2n) is 3.45. The summed E-state index contributed by atoms with van der Waals surface area (Å²) in [6.45, 7) is 2.29. The Morgan fingerprint density at radius 1 is 1.50 bits per heavy atom. The highest BCUT2D eigenvalue weighted by molar-refractivity contribution is 14.1. The van der Waals surface area contributed by atoms with E-state index >= 15 is 0 Å². The van der Waals surface area contributed by atoms with Crippen molar-refractivity contribution in [3.8, 4) is 5.75 Å². The SMILES string of the molecule is C[C@@H](CN)NC(=O)COc1ccc(I)cc1. The molecule has 0 aliphatic rings. The van der Waals surface area contributed by atoms with Crippen molar-refractivity contribution in [3.05, 3.63) is 27.8 Å². The smallest absolute Gasteiger partial charge is 0.258 e. The number of hydrogen-bond donors (Lipinski definition) is 2. The molecule has 0 aliphatic carbocycles. The molecule has 0 aliphatic heterocycles. The Bertz CT molecular complexity index is 340. The third-order valence-corrected chi connectivity index (χ3v) is 2.66. The lowest BCUT2D eigenvalue weighted by Gasteiger charge is -2.11. The maximum atomic E-state index is 11.4. The van der Waals surface area contributed by atoms with E-state index in [1.165, 1.54) is 0 Å². The first-order valence-corrected chi connectivity index (χ1v) is 6.07. The highest BCUT2D eigenvalue weighted by Gasteiger charge is 2.05. The molecular formula is C11H15IN2O2. The van der Waals surface area contributed by atoms with Crippen molar-refractivity contribution in [3.63, 3.8) is 0 Å². The van der Waals surface area contributed by atoms with Gasteiger partial charge in [0, 0.05) is 16.2 Å². The summed E-state index contributed by atoms with van der Waals surface area (Å²) in [6, 6.07) is 7.50. The van der Waals surface area contributed by atoms with Gasteiger partial charge in [0.05, 0.1) is 0 Å². The van der Waals surface area contributed by atoms with E-state index in [9.17, 15) is 4.79 Å². The standard InChI is InChI=1S/C11H15IN2O2/c1-8(6-13)14-11(15)7-16-10-4-2-9(12)3-5-10/h2-5,8H,6-7,13H2,1H3,(H,14,15)/t8-/m0/s1. The molecule has 1 aromatic rings. The zero-order chi connectivity index (χ0) is 12.0. The highest BCUT2D eigenvalue weighted by Crippen LogP contribution is 2.13. The van der Waals surface area contributed by atoms with Crippen LogP contribution in [0, 0.1) is 3.57 Å². The van der Waals surface area contributed by atoms with E-state index in [4.69, 9.17) is 10.5 Å². The summed E-state index contributed by atoms with van der Waals surface area (Å²) in [7, 11) is 0. The third-order valence-electron chi connectivity index (χ3n) is 1.94. The van der Waals surface area contributed by atoms with Gasteiger partial charge in [-0.3, -0.25) is 4.79 Å². The van der Waals surface area contributed by atoms with E-state index in [1.54, 1.807) is 0 Å². The number of benzene rings is 1. The largest absolute Gasteiger partial charge is 0.484 e. The van der Waals surface area contributed by atoms with Gasteiger partial charge in [-0.15, -0.1) is 0 Å². The number of hydrogen-bond acceptors (Lipinski definition) is 3. The highest BCUT2D eigenvalue weighted by atomic mass is 127. The van der Waals surface area contributed by atoms with Crippen molar-refractivity contribution in [2.45, 2.75) is 13.0 Å². The Labute approximate surface area is 109 Å². The van der Waals surface area contributed by atoms with E-state index in [-0.39, 0.29) is 18.6 Å². The quantitative estimate of drug-likeness (QED) is 0.794. The fourth-order valence-corrected chi connectivity index (χ4v) is 1.41. The summed E-state index contributed by atoms with van der Waals surface area (Å²) in [5.74, 6) is 0.535. The van der Waals surface area contributed by atoms with E-state index < -0.39 is 0 Å². The molecule has 1 aromatic carbocycles. The molecule has 3 N–H and O–H groups in total. The van der Waals surface area contributed by atoms with Crippen molar-refractivity contribution in [2.24, 2.45) is 5.73 Å². The molecule has 0 radical (unpaired) electrons. The maximum Gasteiger partial charge on any atom is 0.258 e. The number of ether oxygens (including phenoxy) is 1. The lowest BCUT2D eigenvalue weighted by atomic mass is 10.3. The molecule has 0 bridgehead atoms. The zero-order valence-electron chi connectivity index (χ0n) is 9.07. The molecule has 1 atom stereocenters. The van der Waals surface area contributed by atoms with E-state index in [2.05, 4.69) is 27.9 Å². The Morgan fingerprint density at radius 3 is 2.69 bits per heavy atom. The topological polar surface area (TPSA) is 64.3 Å². The van der Waals surface area contributed by atoms with E-state index in [0.717, 1.165) is 3.57 Å². The Kier molecular flexibility index (Phi) is 5.54. The third kappa shape index (κ3) is 4.80. The molecule has 88 valence electrons. The molecule has 0 aromatic heterocycles. The van der Waals surface area contributed by atoms with Crippen LogP contribution >= 0.6 is 22.6 Å².